The number of aromatic nitrogens is 3. The lowest BCUT2D eigenvalue weighted by molar-refractivity contribution is 0.415. The van der Waals surface area contributed by atoms with E-state index in [9.17, 15) is 0 Å². The van der Waals surface area contributed by atoms with Gasteiger partial charge in [0.2, 0.25) is 5.89 Å². The first-order chi connectivity index (χ1) is 14.8. The second kappa shape index (κ2) is 7.67. The second-order valence-corrected chi connectivity index (χ2v) is 6.56. The van der Waals surface area contributed by atoms with Crippen molar-refractivity contribution in [3.05, 3.63) is 85.5 Å². The normalized spacial score (nSPS) is 10.8. The molecule has 0 aliphatic rings. The molecule has 0 spiro atoms. The third kappa shape index (κ3) is 3.24. The number of ether oxygens (including phenoxy) is 1. The van der Waals surface area contributed by atoms with Crippen LogP contribution in [0.5, 0.6) is 5.75 Å². The number of rotatable bonds is 5. The number of pyridine rings is 1. The lowest BCUT2D eigenvalue weighted by atomic mass is 10.1. The molecule has 146 valence electrons. The summed E-state index contributed by atoms with van der Waals surface area (Å²) in [7, 11) is 1.64. The molecule has 5 rings (SSSR count). The van der Waals surface area contributed by atoms with Gasteiger partial charge >= 0.3 is 0 Å². The standard InChI is InChI=1S/C24H17N3O3/c1-28-19-9-7-17(8-10-19)22-21(27-24(30-22)18-5-3-2-4-6-18)23-20(26-15-29-23)16-11-13-25-14-12-16/h2-15H,1H3. The summed E-state index contributed by atoms with van der Waals surface area (Å²) >= 11 is 0. The second-order valence-electron chi connectivity index (χ2n) is 6.56. The summed E-state index contributed by atoms with van der Waals surface area (Å²) in [5.74, 6) is 2.41. The zero-order valence-electron chi connectivity index (χ0n) is 16.1. The Bertz CT molecular complexity index is 1260. The summed E-state index contributed by atoms with van der Waals surface area (Å²) in [6.07, 6.45) is 4.85. The van der Waals surface area contributed by atoms with Crippen LogP contribution in [-0.2, 0) is 0 Å². The molecule has 3 heterocycles. The van der Waals surface area contributed by atoms with Crippen molar-refractivity contribution < 1.29 is 13.6 Å². The van der Waals surface area contributed by atoms with E-state index in [0.29, 0.717) is 28.8 Å². The lowest BCUT2D eigenvalue weighted by Gasteiger charge is -2.03. The highest BCUT2D eigenvalue weighted by molar-refractivity contribution is 5.84. The third-order valence-electron chi connectivity index (χ3n) is 4.74. The minimum absolute atomic E-state index is 0.508. The maximum absolute atomic E-state index is 6.22. The van der Waals surface area contributed by atoms with Crippen molar-refractivity contribution in [2.75, 3.05) is 7.11 Å². The molecule has 0 fully saturated rings. The van der Waals surface area contributed by atoms with Crippen molar-refractivity contribution in [1.29, 1.82) is 0 Å². The topological polar surface area (TPSA) is 74.2 Å². The van der Waals surface area contributed by atoms with Crippen LogP contribution in [0.2, 0.25) is 0 Å². The van der Waals surface area contributed by atoms with Crippen LogP contribution < -0.4 is 4.74 Å². The maximum atomic E-state index is 6.22. The van der Waals surface area contributed by atoms with Crippen LogP contribution in [0, 0.1) is 0 Å². The Kier molecular flexibility index (Phi) is 4.57. The minimum atomic E-state index is 0.508. The number of hydrogen-bond donors (Lipinski definition) is 0. The molecule has 6 heteroatoms. The average molecular weight is 395 g/mol. The molecule has 0 saturated carbocycles. The first-order valence-electron chi connectivity index (χ1n) is 9.38. The Balaban J connectivity index is 1.69. The van der Waals surface area contributed by atoms with E-state index in [4.69, 9.17) is 18.6 Å². The summed E-state index contributed by atoms with van der Waals surface area (Å²) in [4.78, 5) is 13.3. The van der Waals surface area contributed by atoms with E-state index in [1.165, 1.54) is 6.39 Å². The molecular formula is C24H17N3O3. The van der Waals surface area contributed by atoms with Crippen molar-refractivity contribution in [2.24, 2.45) is 0 Å². The van der Waals surface area contributed by atoms with E-state index < -0.39 is 0 Å². The number of oxazole rings is 2. The van der Waals surface area contributed by atoms with E-state index in [0.717, 1.165) is 22.4 Å². The smallest absolute Gasteiger partial charge is 0.227 e. The van der Waals surface area contributed by atoms with E-state index in [-0.39, 0.29) is 0 Å². The summed E-state index contributed by atoms with van der Waals surface area (Å²) in [5.41, 5.74) is 3.89. The first kappa shape index (κ1) is 17.9. The molecule has 30 heavy (non-hydrogen) atoms. The van der Waals surface area contributed by atoms with E-state index in [1.54, 1.807) is 19.5 Å². The molecule has 0 N–H and O–H groups in total. The molecule has 0 saturated heterocycles. The molecule has 2 aromatic carbocycles. The number of methoxy groups -OCH3 is 1. The Hall–Kier alpha value is -4.19. The summed E-state index contributed by atoms with van der Waals surface area (Å²) in [6.45, 7) is 0. The zero-order chi connectivity index (χ0) is 20.3. The van der Waals surface area contributed by atoms with Gasteiger partial charge < -0.3 is 13.6 Å². The lowest BCUT2D eigenvalue weighted by Crippen LogP contribution is -1.87. The Morgan fingerprint density at radius 1 is 0.733 bits per heavy atom. The molecule has 3 aromatic heterocycles. The van der Waals surface area contributed by atoms with E-state index in [1.807, 2.05) is 66.7 Å². The van der Waals surface area contributed by atoms with Gasteiger partial charge in [0.05, 0.1) is 7.11 Å². The first-order valence-corrected chi connectivity index (χ1v) is 9.38. The highest BCUT2D eigenvalue weighted by Crippen LogP contribution is 2.40. The fourth-order valence-corrected chi connectivity index (χ4v) is 3.25. The Morgan fingerprint density at radius 2 is 1.50 bits per heavy atom. The van der Waals surface area contributed by atoms with Crippen LogP contribution in [0.1, 0.15) is 0 Å². The van der Waals surface area contributed by atoms with Gasteiger partial charge in [0.1, 0.15) is 11.4 Å². The SMILES string of the molecule is COc1ccc(-c2oc(-c3ccccc3)nc2-c2ocnc2-c2ccncc2)cc1. The molecule has 6 nitrogen and oxygen atoms in total. The van der Waals surface area contributed by atoms with Crippen LogP contribution in [0.25, 0.3) is 45.5 Å². The van der Waals surface area contributed by atoms with E-state index in [2.05, 4.69) is 9.97 Å². The van der Waals surface area contributed by atoms with Crippen LogP contribution in [-0.4, -0.2) is 22.1 Å². The molecular weight excluding hydrogens is 378 g/mol. The van der Waals surface area contributed by atoms with Crippen molar-refractivity contribution in [1.82, 2.24) is 15.0 Å². The minimum Gasteiger partial charge on any atom is -0.497 e. The van der Waals surface area contributed by atoms with Crippen LogP contribution in [0.15, 0.2) is 94.4 Å². The van der Waals surface area contributed by atoms with Gasteiger partial charge in [-0.15, -0.1) is 0 Å². The van der Waals surface area contributed by atoms with Crippen LogP contribution in [0.3, 0.4) is 0 Å². The molecule has 0 radical (unpaired) electrons. The van der Waals surface area contributed by atoms with Gasteiger partial charge in [-0.2, -0.15) is 0 Å². The number of hydrogen-bond acceptors (Lipinski definition) is 6. The molecule has 5 aromatic rings. The van der Waals surface area contributed by atoms with Crippen molar-refractivity contribution in [3.63, 3.8) is 0 Å². The van der Waals surface area contributed by atoms with Gasteiger partial charge in [0, 0.05) is 29.1 Å². The maximum Gasteiger partial charge on any atom is 0.227 e. The number of nitrogens with zero attached hydrogens (tertiary/aromatic N) is 3. The summed E-state index contributed by atoms with van der Waals surface area (Å²) in [5, 5.41) is 0. The van der Waals surface area contributed by atoms with Crippen LogP contribution in [0.4, 0.5) is 0 Å². The van der Waals surface area contributed by atoms with E-state index >= 15 is 0 Å². The fourth-order valence-electron chi connectivity index (χ4n) is 3.25. The largest absolute Gasteiger partial charge is 0.497 e. The van der Waals surface area contributed by atoms with Crippen molar-refractivity contribution in [2.45, 2.75) is 0 Å². The average Bonchev–Trinajstić information content (AvgIpc) is 3.48. The van der Waals surface area contributed by atoms with Gasteiger partial charge in [0.25, 0.3) is 0 Å². The van der Waals surface area contributed by atoms with Crippen LogP contribution >= 0.6 is 0 Å². The van der Waals surface area contributed by atoms with Gasteiger partial charge in [-0.3, -0.25) is 4.98 Å². The molecule has 0 amide bonds. The highest BCUT2D eigenvalue weighted by Gasteiger charge is 2.24. The highest BCUT2D eigenvalue weighted by atomic mass is 16.5. The van der Waals surface area contributed by atoms with Crippen molar-refractivity contribution >= 4 is 0 Å². The predicted molar refractivity (Wildman–Crippen MR) is 113 cm³/mol. The van der Waals surface area contributed by atoms with Crippen molar-refractivity contribution in [3.8, 4) is 51.2 Å². The van der Waals surface area contributed by atoms with Gasteiger partial charge in [0.15, 0.2) is 23.6 Å². The monoisotopic (exact) mass is 395 g/mol. The molecule has 0 atom stereocenters. The zero-order valence-corrected chi connectivity index (χ0v) is 16.1. The third-order valence-corrected chi connectivity index (χ3v) is 4.74. The Morgan fingerprint density at radius 3 is 2.23 bits per heavy atom. The van der Waals surface area contributed by atoms with Gasteiger partial charge in [-0.05, 0) is 48.5 Å². The van der Waals surface area contributed by atoms with Gasteiger partial charge in [-0.1, -0.05) is 18.2 Å². The Labute approximate surface area is 172 Å². The quantitative estimate of drug-likeness (QED) is 0.378. The molecule has 0 aliphatic heterocycles. The fraction of sp³-hybridized carbons (Fsp3) is 0.0417. The molecule has 0 bridgehead atoms. The van der Waals surface area contributed by atoms with Gasteiger partial charge in [-0.25, -0.2) is 9.97 Å². The summed E-state index contributed by atoms with van der Waals surface area (Å²) in [6, 6.07) is 21.2. The summed E-state index contributed by atoms with van der Waals surface area (Å²) < 4.78 is 17.3. The molecule has 0 aliphatic carbocycles. The predicted octanol–water partition coefficient (Wildman–Crippen LogP) is 5.73. The molecule has 0 unspecified atom stereocenters. The number of benzene rings is 2.